The smallest absolute Gasteiger partial charge is 0.0602 e. The Kier molecular flexibility index (Phi) is 7.77. The number of nitrogens with zero attached hydrogens (tertiary/aromatic N) is 1. The maximum absolute atomic E-state index is 5.32. The second kappa shape index (κ2) is 8.10. The van der Waals surface area contributed by atoms with Crippen LogP contribution in [0.25, 0.3) is 0 Å². The Labute approximate surface area is 82.3 Å². The van der Waals surface area contributed by atoms with Crippen LogP contribution >= 0.6 is 0 Å². The highest BCUT2D eigenvalue weighted by molar-refractivity contribution is 4.90. The molecule has 0 heterocycles. The van der Waals surface area contributed by atoms with E-state index in [1.54, 1.807) is 7.11 Å². The van der Waals surface area contributed by atoms with Crippen molar-refractivity contribution >= 4 is 0 Å². The zero-order valence-corrected chi connectivity index (χ0v) is 9.05. The van der Waals surface area contributed by atoms with Gasteiger partial charge in [-0.15, -0.1) is 6.42 Å². The van der Waals surface area contributed by atoms with Crippen LogP contribution in [0.1, 0.15) is 26.7 Å². The van der Waals surface area contributed by atoms with Gasteiger partial charge in [0.2, 0.25) is 0 Å². The lowest BCUT2D eigenvalue weighted by molar-refractivity contribution is 0.126. The Bertz CT molecular complexity index is 147. The predicted molar refractivity (Wildman–Crippen MR) is 56.7 cm³/mol. The van der Waals surface area contributed by atoms with Crippen molar-refractivity contribution in [2.45, 2.75) is 32.7 Å². The molecular weight excluding hydrogens is 162 g/mol. The maximum atomic E-state index is 5.32. The summed E-state index contributed by atoms with van der Waals surface area (Å²) >= 11 is 0. The topological polar surface area (TPSA) is 12.5 Å². The number of terminal acetylenes is 1. The molecule has 76 valence electrons. The van der Waals surface area contributed by atoms with Crippen LogP contribution in [-0.4, -0.2) is 37.7 Å². The molecule has 0 N–H and O–H groups in total. The molecule has 0 unspecified atom stereocenters. The Morgan fingerprint density at radius 3 is 2.38 bits per heavy atom. The van der Waals surface area contributed by atoms with E-state index >= 15 is 0 Å². The van der Waals surface area contributed by atoms with Crippen molar-refractivity contribution in [3.8, 4) is 12.3 Å². The minimum Gasteiger partial charge on any atom is -0.383 e. The van der Waals surface area contributed by atoms with Crippen molar-refractivity contribution in [1.29, 1.82) is 0 Å². The molecule has 0 aliphatic rings. The molecule has 0 bridgehead atoms. The fourth-order valence-corrected chi connectivity index (χ4v) is 1.52. The zero-order chi connectivity index (χ0) is 10.1. The fourth-order valence-electron chi connectivity index (χ4n) is 1.52. The minimum atomic E-state index is 0.603. The van der Waals surface area contributed by atoms with Gasteiger partial charge >= 0.3 is 0 Å². The average molecular weight is 183 g/mol. The summed E-state index contributed by atoms with van der Waals surface area (Å²) in [5.74, 6) is 2.70. The molecule has 0 aromatic heterocycles. The normalized spacial score (nSPS) is 10.8. The van der Waals surface area contributed by atoms with E-state index < -0.39 is 0 Å². The molecule has 0 radical (unpaired) electrons. The van der Waals surface area contributed by atoms with Gasteiger partial charge in [-0.05, 0) is 12.8 Å². The van der Waals surface area contributed by atoms with Crippen LogP contribution in [0.3, 0.4) is 0 Å². The van der Waals surface area contributed by atoms with Gasteiger partial charge in [0.15, 0.2) is 0 Å². The first-order valence-corrected chi connectivity index (χ1v) is 4.96. The van der Waals surface area contributed by atoms with Crippen molar-refractivity contribution in [2.75, 3.05) is 26.8 Å². The Morgan fingerprint density at radius 1 is 1.38 bits per heavy atom. The summed E-state index contributed by atoms with van der Waals surface area (Å²) in [6.07, 6.45) is 7.63. The highest BCUT2D eigenvalue weighted by atomic mass is 16.5. The first-order valence-electron chi connectivity index (χ1n) is 4.96. The molecule has 0 atom stereocenters. The summed E-state index contributed by atoms with van der Waals surface area (Å²) in [6, 6.07) is 0.603. The van der Waals surface area contributed by atoms with Crippen LogP contribution in [0.4, 0.5) is 0 Å². The average Bonchev–Trinajstić information content (AvgIpc) is 2.16. The molecule has 0 fully saturated rings. The molecule has 0 saturated carbocycles. The van der Waals surface area contributed by atoms with Crippen LogP contribution in [-0.2, 0) is 4.74 Å². The highest BCUT2D eigenvalue weighted by Gasteiger charge is 2.12. The van der Waals surface area contributed by atoms with Crippen molar-refractivity contribution in [3.63, 3.8) is 0 Å². The van der Waals surface area contributed by atoms with Crippen molar-refractivity contribution in [3.05, 3.63) is 0 Å². The molecule has 0 rings (SSSR count). The first kappa shape index (κ1) is 12.5. The summed E-state index contributed by atoms with van der Waals surface area (Å²) < 4.78 is 5.05. The van der Waals surface area contributed by atoms with Crippen LogP contribution in [0.2, 0.25) is 0 Å². The molecule has 0 amide bonds. The van der Waals surface area contributed by atoms with E-state index in [0.29, 0.717) is 6.04 Å². The van der Waals surface area contributed by atoms with Crippen LogP contribution in [0.15, 0.2) is 0 Å². The molecule has 2 nitrogen and oxygen atoms in total. The lowest BCUT2D eigenvalue weighted by atomic mass is 10.1. The van der Waals surface area contributed by atoms with Crippen molar-refractivity contribution in [2.24, 2.45) is 0 Å². The lowest BCUT2D eigenvalue weighted by Gasteiger charge is -2.28. The number of ether oxygens (including phenoxy) is 1. The zero-order valence-electron chi connectivity index (χ0n) is 9.05. The third-order valence-electron chi connectivity index (χ3n) is 2.34. The summed E-state index contributed by atoms with van der Waals surface area (Å²) in [5, 5.41) is 0. The third kappa shape index (κ3) is 4.92. The van der Waals surface area contributed by atoms with E-state index in [1.165, 1.54) is 0 Å². The number of hydrogen-bond acceptors (Lipinski definition) is 2. The van der Waals surface area contributed by atoms with E-state index in [-0.39, 0.29) is 0 Å². The van der Waals surface area contributed by atoms with Crippen LogP contribution in [0, 0.1) is 12.3 Å². The summed E-state index contributed by atoms with van der Waals surface area (Å²) in [7, 11) is 1.72. The molecule has 0 spiro atoms. The number of rotatable bonds is 7. The lowest BCUT2D eigenvalue weighted by Crippen LogP contribution is -2.37. The summed E-state index contributed by atoms with van der Waals surface area (Å²) in [4.78, 5) is 2.31. The van der Waals surface area contributed by atoms with Gasteiger partial charge in [0.25, 0.3) is 0 Å². The summed E-state index contributed by atoms with van der Waals surface area (Å²) in [6.45, 7) is 6.83. The SMILES string of the molecule is C#CCN(CCOC)C(CC)CC. The number of methoxy groups -OCH3 is 1. The quantitative estimate of drug-likeness (QED) is 0.558. The first-order chi connectivity index (χ1) is 6.29. The minimum absolute atomic E-state index is 0.603. The molecule has 0 aliphatic heterocycles. The van der Waals surface area contributed by atoms with Crippen molar-refractivity contribution in [1.82, 2.24) is 4.90 Å². The summed E-state index contributed by atoms with van der Waals surface area (Å²) in [5.41, 5.74) is 0. The monoisotopic (exact) mass is 183 g/mol. The Morgan fingerprint density at radius 2 is 2.00 bits per heavy atom. The molecule has 0 aromatic carbocycles. The molecule has 0 aliphatic carbocycles. The molecular formula is C11H21NO. The van der Waals surface area contributed by atoms with E-state index in [2.05, 4.69) is 24.7 Å². The van der Waals surface area contributed by atoms with Gasteiger partial charge < -0.3 is 4.74 Å². The molecule has 13 heavy (non-hydrogen) atoms. The van der Waals surface area contributed by atoms with Gasteiger partial charge in [0.1, 0.15) is 0 Å². The Balaban J connectivity index is 3.97. The van der Waals surface area contributed by atoms with E-state index in [1.807, 2.05) is 0 Å². The van der Waals surface area contributed by atoms with Gasteiger partial charge in [-0.25, -0.2) is 0 Å². The highest BCUT2D eigenvalue weighted by Crippen LogP contribution is 2.07. The molecule has 0 saturated heterocycles. The van der Waals surface area contributed by atoms with E-state index in [9.17, 15) is 0 Å². The van der Waals surface area contributed by atoms with Gasteiger partial charge in [0, 0.05) is 19.7 Å². The second-order valence-corrected chi connectivity index (χ2v) is 3.14. The van der Waals surface area contributed by atoms with E-state index in [0.717, 1.165) is 32.5 Å². The van der Waals surface area contributed by atoms with E-state index in [4.69, 9.17) is 11.2 Å². The van der Waals surface area contributed by atoms with Crippen LogP contribution < -0.4 is 0 Å². The standard InChI is InChI=1S/C11H21NO/c1-5-8-12(9-10-13-4)11(6-2)7-3/h1,11H,6-10H2,2-4H3. The van der Waals surface area contributed by atoms with Gasteiger partial charge in [-0.3, -0.25) is 4.90 Å². The van der Waals surface area contributed by atoms with Gasteiger partial charge in [-0.2, -0.15) is 0 Å². The molecule has 0 aromatic rings. The largest absolute Gasteiger partial charge is 0.383 e. The van der Waals surface area contributed by atoms with Gasteiger partial charge in [-0.1, -0.05) is 19.8 Å². The predicted octanol–water partition coefficient (Wildman–Crippen LogP) is 1.76. The fraction of sp³-hybridized carbons (Fsp3) is 0.818. The Hall–Kier alpha value is -0.520. The third-order valence-corrected chi connectivity index (χ3v) is 2.34. The maximum Gasteiger partial charge on any atom is 0.0602 e. The number of hydrogen-bond donors (Lipinski definition) is 0. The van der Waals surface area contributed by atoms with Crippen LogP contribution in [0.5, 0.6) is 0 Å². The van der Waals surface area contributed by atoms with Gasteiger partial charge in [0.05, 0.1) is 13.2 Å². The second-order valence-electron chi connectivity index (χ2n) is 3.14. The van der Waals surface area contributed by atoms with Crippen molar-refractivity contribution < 1.29 is 4.74 Å². The molecule has 2 heteroatoms.